The highest BCUT2D eigenvalue weighted by molar-refractivity contribution is 5.93. The fourth-order valence-corrected chi connectivity index (χ4v) is 2.40. The van der Waals surface area contributed by atoms with Gasteiger partial charge in [0, 0.05) is 12.1 Å². The number of hydrogen-bond acceptors (Lipinski definition) is 9. The van der Waals surface area contributed by atoms with E-state index < -0.39 is 15.8 Å². The maximum Gasteiger partial charge on any atom is 0.289 e. The van der Waals surface area contributed by atoms with Crippen LogP contribution < -0.4 is 10.2 Å². The zero-order chi connectivity index (χ0) is 21.7. The second kappa shape index (κ2) is 8.60. The van der Waals surface area contributed by atoms with Crippen LogP contribution in [-0.4, -0.2) is 34.1 Å². The highest BCUT2D eigenvalue weighted by Crippen LogP contribution is 2.34. The Morgan fingerprint density at radius 2 is 1.87 bits per heavy atom. The molecule has 0 saturated heterocycles. The number of non-ortho nitro benzene ring substituents is 1. The van der Waals surface area contributed by atoms with E-state index in [-0.39, 0.29) is 22.8 Å². The van der Waals surface area contributed by atoms with E-state index in [0.29, 0.717) is 17.1 Å². The van der Waals surface area contributed by atoms with Crippen molar-refractivity contribution in [3.63, 3.8) is 0 Å². The van der Waals surface area contributed by atoms with Gasteiger partial charge in [0.1, 0.15) is 29.2 Å². The topological polar surface area (TPSA) is 163 Å². The molecule has 3 rings (SSSR count). The third-order valence-corrected chi connectivity index (χ3v) is 3.84. The van der Waals surface area contributed by atoms with Crippen LogP contribution in [0.3, 0.4) is 0 Å². The Bertz CT molecular complexity index is 1140. The number of furan rings is 1. The number of methoxy groups -OCH3 is 1. The highest BCUT2D eigenvalue weighted by atomic mass is 16.6. The summed E-state index contributed by atoms with van der Waals surface area (Å²) in [5, 5.41) is 25.2. The van der Waals surface area contributed by atoms with Crippen molar-refractivity contribution in [2.45, 2.75) is 0 Å². The molecule has 2 aromatic heterocycles. The molecule has 0 spiro atoms. The second-order valence-corrected chi connectivity index (χ2v) is 5.70. The second-order valence-electron chi connectivity index (χ2n) is 5.70. The summed E-state index contributed by atoms with van der Waals surface area (Å²) < 4.78 is 10.8. The fourth-order valence-electron chi connectivity index (χ4n) is 2.40. The van der Waals surface area contributed by atoms with Gasteiger partial charge in [-0.3, -0.25) is 25.0 Å². The Kier molecular flexibility index (Phi) is 5.77. The normalized spacial score (nSPS) is 10.7. The third kappa shape index (κ3) is 4.44. The summed E-state index contributed by atoms with van der Waals surface area (Å²) >= 11 is 0. The number of rotatable bonds is 7. The Labute approximate surface area is 168 Å². The number of hydrazone groups is 1. The van der Waals surface area contributed by atoms with Gasteiger partial charge in [0.05, 0.1) is 34.8 Å². The number of pyridine rings is 1. The SMILES string of the molecule is COc1cc([N+](=O)[O-])ccc1-c1ccc(/C=N/NC(=O)c2ccc([N+](=O)[O-])cn2)o1. The summed E-state index contributed by atoms with van der Waals surface area (Å²) in [6.07, 6.45) is 2.21. The van der Waals surface area contributed by atoms with Crippen molar-refractivity contribution in [3.8, 4) is 17.1 Å². The van der Waals surface area contributed by atoms with Crippen molar-refractivity contribution in [1.82, 2.24) is 10.4 Å². The summed E-state index contributed by atoms with van der Waals surface area (Å²) in [6.45, 7) is 0. The number of ether oxygens (including phenoxy) is 1. The van der Waals surface area contributed by atoms with Crippen LogP contribution in [0, 0.1) is 20.2 Å². The van der Waals surface area contributed by atoms with Crippen LogP contribution >= 0.6 is 0 Å². The lowest BCUT2D eigenvalue weighted by Crippen LogP contribution is -2.18. The van der Waals surface area contributed by atoms with Crippen molar-refractivity contribution in [2.75, 3.05) is 7.11 Å². The van der Waals surface area contributed by atoms with Crippen LogP contribution in [0.15, 0.2) is 58.2 Å². The van der Waals surface area contributed by atoms with Gasteiger partial charge in [-0.2, -0.15) is 5.10 Å². The molecule has 152 valence electrons. The van der Waals surface area contributed by atoms with Crippen molar-refractivity contribution in [3.05, 3.63) is 80.3 Å². The number of aromatic nitrogens is 1. The number of carbonyl (C=O) groups is 1. The van der Waals surface area contributed by atoms with E-state index in [1.54, 1.807) is 12.1 Å². The van der Waals surface area contributed by atoms with Crippen LogP contribution in [-0.2, 0) is 0 Å². The van der Waals surface area contributed by atoms with E-state index in [9.17, 15) is 25.0 Å². The van der Waals surface area contributed by atoms with Gasteiger partial charge in [-0.25, -0.2) is 10.4 Å². The highest BCUT2D eigenvalue weighted by Gasteiger charge is 2.15. The number of hydrogen-bond donors (Lipinski definition) is 1. The van der Waals surface area contributed by atoms with E-state index in [0.717, 1.165) is 12.3 Å². The molecule has 12 nitrogen and oxygen atoms in total. The lowest BCUT2D eigenvalue weighted by molar-refractivity contribution is -0.385. The molecule has 0 unspecified atom stereocenters. The quantitative estimate of drug-likeness (QED) is 0.352. The van der Waals surface area contributed by atoms with E-state index in [1.165, 1.54) is 37.6 Å². The minimum absolute atomic E-state index is 0.0477. The molecule has 1 amide bonds. The van der Waals surface area contributed by atoms with E-state index in [1.807, 2.05) is 0 Å². The first kappa shape index (κ1) is 20.1. The molecule has 1 N–H and O–H groups in total. The minimum atomic E-state index is -0.662. The molecular formula is C18H13N5O7. The number of nitrogens with zero attached hydrogens (tertiary/aromatic N) is 4. The Morgan fingerprint density at radius 1 is 1.13 bits per heavy atom. The van der Waals surface area contributed by atoms with E-state index in [2.05, 4.69) is 15.5 Å². The molecule has 0 aliphatic carbocycles. The molecule has 3 aromatic rings. The molecule has 0 atom stereocenters. The van der Waals surface area contributed by atoms with Gasteiger partial charge in [0.25, 0.3) is 17.3 Å². The predicted octanol–water partition coefficient (Wildman–Crippen LogP) is 2.93. The van der Waals surface area contributed by atoms with Crippen molar-refractivity contribution >= 4 is 23.5 Å². The van der Waals surface area contributed by atoms with Crippen molar-refractivity contribution in [2.24, 2.45) is 5.10 Å². The minimum Gasteiger partial charge on any atom is -0.496 e. The maximum atomic E-state index is 12.0. The summed E-state index contributed by atoms with van der Waals surface area (Å²) in [6, 6.07) is 9.66. The van der Waals surface area contributed by atoms with Crippen molar-refractivity contribution < 1.29 is 23.8 Å². The van der Waals surface area contributed by atoms with Gasteiger partial charge < -0.3 is 9.15 Å². The number of amides is 1. The van der Waals surface area contributed by atoms with Gasteiger partial charge in [0.15, 0.2) is 0 Å². The van der Waals surface area contributed by atoms with Crippen LogP contribution in [0.1, 0.15) is 16.2 Å². The average molecular weight is 411 g/mol. The molecule has 0 radical (unpaired) electrons. The molecule has 0 aliphatic rings. The number of nitrogens with one attached hydrogen (secondary N) is 1. The largest absolute Gasteiger partial charge is 0.496 e. The molecule has 12 heteroatoms. The standard InChI is InChI=1S/C18H13N5O7/c1-29-17-8-11(22(25)26)2-5-14(17)16-7-4-13(30-16)10-20-21-18(24)15-6-3-12(9-19-15)23(27)28/h2-10H,1H3,(H,21,24)/b20-10+. The molecule has 2 heterocycles. The smallest absolute Gasteiger partial charge is 0.289 e. The molecule has 30 heavy (non-hydrogen) atoms. The summed E-state index contributed by atoms with van der Waals surface area (Å²) in [4.78, 5) is 36.0. The monoisotopic (exact) mass is 411 g/mol. The van der Waals surface area contributed by atoms with E-state index >= 15 is 0 Å². The van der Waals surface area contributed by atoms with Crippen LogP contribution in [0.2, 0.25) is 0 Å². The van der Waals surface area contributed by atoms with Gasteiger partial charge >= 0.3 is 0 Å². The average Bonchev–Trinajstić information content (AvgIpc) is 3.21. The summed E-state index contributed by atoms with van der Waals surface area (Å²) in [5.74, 6) is 0.276. The van der Waals surface area contributed by atoms with Gasteiger partial charge in [-0.05, 0) is 24.3 Å². The third-order valence-electron chi connectivity index (χ3n) is 3.84. The molecule has 0 bridgehead atoms. The first-order valence-corrected chi connectivity index (χ1v) is 8.25. The Morgan fingerprint density at radius 3 is 2.50 bits per heavy atom. The first-order chi connectivity index (χ1) is 14.4. The predicted molar refractivity (Wildman–Crippen MR) is 103 cm³/mol. The number of benzene rings is 1. The lowest BCUT2D eigenvalue weighted by Gasteiger charge is -2.05. The zero-order valence-corrected chi connectivity index (χ0v) is 15.3. The maximum absolute atomic E-state index is 12.0. The molecule has 0 saturated carbocycles. The summed E-state index contributed by atoms with van der Waals surface area (Å²) in [7, 11) is 1.38. The molecular weight excluding hydrogens is 398 g/mol. The fraction of sp³-hybridized carbons (Fsp3) is 0.0556. The molecule has 1 aromatic carbocycles. The first-order valence-electron chi connectivity index (χ1n) is 8.25. The Balaban J connectivity index is 1.69. The van der Waals surface area contributed by atoms with Gasteiger partial charge in [-0.1, -0.05) is 0 Å². The van der Waals surface area contributed by atoms with Crippen molar-refractivity contribution in [1.29, 1.82) is 0 Å². The lowest BCUT2D eigenvalue weighted by atomic mass is 10.1. The number of nitro benzene ring substituents is 1. The Hall–Kier alpha value is -4.61. The van der Waals surface area contributed by atoms with Crippen LogP contribution in [0.5, 0.6) is 5.75 Å². The van der Waals surface area contributed by atoms with E-state index in [4.69, 9.17) is 9.15 Å². The van der Waals surface area contributed by atoms with Crippen LogP contribution in [0.25, 0.3) is 11.3 Å². The molecule has 0 fully saturated rings. The molecule has 0 aliphatic heterocycles. The van der Waals surface area contributed by atoms with Gasteiger partial charge in [-0.15, -0.1) is 0 Å². The summed E-state index contributed by atoms with van der Waals surface area (Å²) in [5.41, 5.74) is 2.32. The zero-order valence-electron chi connectivity index (χ0n) is 15.3. The number of nitro groups is 2. The van der Waals surface area contributed by atoms with Gasteiger partial charge in [0.2, 0.25) is 0 Å². The number of carbonyl (C=O) groups excluding carboxylic acids is 1. The van der Waals surface area contributed by atoms with Crippen LogP contribution in [0.4, 0.5) is 11.4 Å².